The molecule has 0 aliphatic rings. The predicted molar refractivity (Wildman–Crippen MR) is 67.1 cm³/mol. The highest BCUT2D eigenvalue weighted by Crippen LogP contribution is 2.18. The van der Waals surface area contributed by atoms with Crippen molar-refractivity contribution in [1.82, 2.24) is 10.6 Å². The summed E-state index contributed by atoms with van der Waals surface area (Å²) in [5.41, 5.74) is -3.95. The van der Waals surface area contributed by atoms with Crippen LogP contribution in [0.25, 0.3) is 2.86 Å². The number of rotatable bonds is 4. The van der Waals surface area contributed by atoms with E-state index in [-0.39, 0.29) is 10.6 Å². The van der Waals surface area contributed by atoms with Gasteiger partial charge in [-0.05, 0) is 12.1 Å². The lowest BCUT2D eigenvalue weighted by Gasteiger charge is -2.10. The minimum atomic E-state index is -1.61. The summed E-state index contributed by atoms with van der Waals surface area (Å²) < 4.78 is 43.9. The van der Waals surface area contributed by atoms with Crippen LogP contribution in [0, 0.1) is 0 Å². The smallest absolute Gasteiger partial charge is 0.336 e. The van der Waals surface area contributed by atoms with Gasteiger partial charge in [0.1, 0.15) is 0 Å². The van der Waals surface area contributed by atoms with Gasteiger partial charge in [-0.15, -0.1) is 0 Å². The molecule has 2 amide bonds. The van der Waals surface area contributed by atoms with E-state index < -0.39 is 58.1 Å². The third-order valence-corrected chi connectivity index (χ3v) is 2.24. The van der Waals surface area contributed by atoms with Crippen LogP contribution in [0.1, 0.15) is 44.2 Å². The van der Waals surface area contributed by atoms with Crippen molar-refractivity contribution in [3.8, 4) is 0 Å². The highest BCUT2D eigenvalue weighted by molar-refractivity contribution is 6.11. The predicted octanol–water partition coefficient (Wildman–Crippen LogP) is -0.198. The molecule has 0 spiro atoms. The van der Waals surface area contributed by atoms with Crippen LogP contribution in [0.15, 0.2) is 12.1 Å². The summed E-state index contributed by atoms with van der Waals surface area (Å²) in [7, 11) is 1.87. The average Bonchev–Trinajstić information content (AvgIpc) is 2.59. The molecular weight excluding hydrogens is 268 g/mol. The second kappa shape index (κ2) is 5.83. The van der Waals surface area contributed by atoms with Gasteiger partial charge < -0.3 is 20.8 Å². The van der Waals surface area contributed by atoms with E-state index in [2.05, 4.69) is 10.2 Å². The zero-order chi connectivity index (χ0) is 20.3. The SMILES string of the molecule is [2H]OC(=O)c1c([2H])c(C(=O)O[2H])c(C(=O)N([2H])C)c([2H])c1C(=O)N([2H])C. The van der Waals surface area contributed by atoms with E-state index in [0.29, 0.717) is 0 Å². The number of nitrogens with one attached hydrogen (secondary N) is 2. The van der Waals surface area contributed by atoms with Gasteiger partial charge in [-0.25, -0.2) is 9.59 Å². The molecule has 1 aromatic rings. The largest absolute Gasteiger partial charge is 0.478 e. The Morgan fingerprint density at radius 3 is 1.60 bits per heavy atom. The molecule has 0 bridgehead atoms. The molecule has 0 atom stereocenters. The number of benzene rings is 1. The molecule has 8 heteroatoms. The zero-order valence-electron chi connectivity index (χ0n) is 16.3. The van der Waals surface area contributed by atoms with Crippen LogP contribution in [-0.2, 0) is 0 Å². The fraction of sp³-hybridized carbons (Fsp3) is 0.167. The van der Waals surface area contributed by atoms with Crippen molar-refractivity contribution in [2.45, 2.75) is 0 Å². The Hall–Kier alpha value is -2.90. The molecule has 0 unspecified atom stereocenters. The summed E-state index contributed by atoms with van der Waals surface area (Å²) >= 11 is 0. The van der Waals surface area contributed by atoms with E-state index in [0.717, 1.165) is 14.1 Å². The maximum Gasteiger partial charge on any atom is 0.336 e. The van der Waals surface area contributed by atoms with E-state index in [1.54, 1.807) is 0 Å². The lowest BCUT2D eigenvalue weighted by atomic mass is 9.97. The Bertz CT molecular complexity index is 736. The van der Waals surface area contributed by atoms with Gasteiger partial charge in [0.2, 0.25) is 0 Å². The molecule has 0 aliphatic heterocycles. The molecule has 1 rings (SSSR count). The van der Waals surface area contributed by atoms with Crippen molar-refractivity contribution in [2.24, 2.45) is 0 Å². The Kier molecular flexibility index (Phi) is 2.42. The third-order valence-electron chi connectivity index (χ3n) is 2.24. The van der Waals surface area contributed by atoms with E-state index in [1.165, 1.54) is 0 Å². The standard InChI is InChI=1S/C12H12N2O6/c1-13-9(15)5-3-6(10(16)14-2)8(12(19)20)4-7(5)11(17)18/h3-4H,1-2H3,(H,13,15)(H,14,16)(H,17,18)(H,19,20)/i3D,4D/hD4. The molecule has 0 saturated heterocycles. The van der Waals surface area contributed by atoms with Crippen LogP contribution in [-0.4, -0.2) is 48.1 Å². The molecule has 0 heterocycles. The van der Waals surface area contributed by atoms with Crippen molar-refractivity contribution in [1.29, 1.82) is 2.86 Å². The third kappa shape index (κ3) is 2.74. The molecule has 106 valence electrons. The van der Waals surface area contributed by atoms with Crippen LogP contribution in [0.3, 0.4) is 0 Å². The number of hydrogen-bond donors (Lipinski definition) is 4. The van der Waals surface area contributed by atoms with Crippen LogP contribution in [0.2, 0.25) is 2.82 Å². The molecule has 1 aromatic carbocycles. The number of carbonyl (C=O) groups is 4. The minimum absolute atomic E-state index is 0.189. The van der Waals surface area contributed by atoms with Gasteiger partial charge in [0.25, 0.3) is 14.7 Å². The Morgan fingerprint density at radius 2 is 1.30 bits per heavy atom. The maximum atomic E-state index is 12.2. The number of amides is 2. The van der Waals surface area contributed by atoms with Crippen molar-refractivity contribution in [3.63, 3.8) is 0 Å². The minimum Gasteiger partial charge on any atom is -0.478 e. The molecule has 0 fully saturated rings. The van der Waals surface area contributed by atoms with Crippen LogP contribution < -0.4 is 10.6 Å². The van der Waals surface area contributed by atoms with Crippen molar-refractivity contribution in [2.75, 3.05) is 14.1 Å². The highest BCUT2D eigenvalue weighted by Gasteiger charge is 2.24. The molecule has 0 saturated carbocycles. The number of carbonyl (C=O) groups excluding carboxylic acids is 2. The average molecular weight is 286 g/mol. The summed E-state index contributed by atoms with van der Waals surface area (Å²) in [6.45, 7) is 0. The summed E-state index contributed by atoms with van der Waals surface area (Å²) in [6, 6.07) is -2.18. The molecule has 4 N–H and O–H groups in total. The first-order valence-corrected chi connectivity index (χ1v) is 5.07. The Labute approximate surface area is 122 Å². The summed E-state index contributed by atoms with van der Waals surface area (Å²) in [5.74, 6) is -5.83. The van der Waals surface area contributed by atoms with E-state index in [9.17, 15) is 19.2 Å². The first-order valence-electron chi connectivity index (χ1n) is 7.78. The number of aromatic carboxylic acids is 2. The van der Waals surface area contributed by atoms with Gasteiger partial charge >= 0.3 is 11.9 Å². The number of carboxylic acid groups (broad SMARTS) is 2. The van der Waals surface area contributed by atoms with Gasteiger partial charge in [-0.3, -0.25) is 9.59 Å². The number of carboxylic acids is 2. The van der Waals surface area contributed by atoms with Crippen LogP contribution >= 0.6 is 0 Å². The first kappa shape index (κ1) is 8.31. The molecule has 0 radical (unpaired) electrons. The Morgan fingerprint density at radius 1 is 0.950 bits per heavy atom. The van der Waals surface area contributed by atoms with E-state index in [1.807, 2.05) is 0 Å². The fourth-order valence-electron chi connectivity index (χ4n) is 1.35. The molecule has 0 aliphatic carbocycles. The summed E-state index contributed by atoms with van der Waals surface area (Å²) in [4.78, 5) is 48.1. The summed E-state index contributed by atoms with van der Waals surface area (Å²) in [6.07, 6.45) is 0. The maximum absolute atomic E-state index is 12.2. The molecular formula is C12H12N2O6. The van der Waals surface area contributed by atoms with E-state index >= 15 is 0 Å². The van der Waals surface area contributed by atoms with Crippen LogP contribution in [0.5, 0.6) is 0 Å². The van der Waals surface area contributed by atoms with Gasteiger partial charge in [0, 0.05) is 14.1 Å². The molecule has 20 heavy (non-hydrogen) atoms. The zero-order valence-corrected chi connectivity index (χ0v) is 10.3. The quantitative estimate of drug-likeness (QED) is 0.606. The number of hydrogen-bond acceptors (Lipinski definition) is 6. The van der Waals surface area contributed by atoms with Crippen molar-refractivity contribution in [3.05, 3.63) is 34.3 Å². The van der Waals surface area contributed by atoms with Gasteiger partial charge in [0.05, 0.1) is 25.0 Å². The van der Waals surface area contributed by atoms with Gasteiger partial charge in [0.15, 0.2) is 2.82 Å². The normalized spacial score (nSPS) is 13.5. The Balaban J connectivity index is 4.15. The van der Waals surface area contributed by atoms with E-state index in [4.69, 9.17) is 8.43 Å². The second-order valence-electron chi connectivity index (χ2n) is 3.38. The lowest BCUT2D eigenvalue weighted by molar-refractivity contribution is 0.0688. The van der Waals surface area contributed by atoms with Gasteiger partial charge in [-0.2, -0.15) is 0 Å². The highest BCUT2D eigenvalue weighted by atomic mass is 16.4. The lowest BCUT2D eigenvalue weighted by Crippen LogP contribution is -2.26. The second-order valence-corrected chi connectivity index (χ2v) is 3.38. The van der Waals surface area contributed by atoms with Gasteiger partial charge in [-0.1, -0.05) is 0 Å². The molecule has 0 aromatic heterocycles. The summed E-state index contributed by atoms with van der Waals surface area (Å²) in [5, 5.41) is 7.78. The molecule has 8 nitrogen and oxygen atoms in total. The van der Waals surface area contributed by atoms with Crippen LogP contribution in [0.4, 0.5) is 0 Å². The topological polar surface area (TPSA) is 133 Å². The first-order chi connectivity index (χ1) is 12.0. The van der Waals surface area contributed by atoms with Crippen molar-refractivity contribution >= 4 is 23.8 Å². The van der Waals surface area contributed by atoms with Crippen molar-refractivity contribution < 1.29 is 35.0 Å². The fourth-order valence-corrected chi connectivity index (χ4v) is 1.35. The monoisotopic (exact) mass is 286 g/mol.